The number of aryl methyl sites for hydroxylation is 1. The summed E-state index contributed by atoms with van der Waals surface area (Å²) in [5.74, 6) is 0.217. The van der Waals surface area contributed by atoms with Gasteiger partial charge in [-0.2, -0.15) is 0 Å². The number of nitrogens with zero attached hydrogens (tertiary/aromatic N) is 2. The Balaban J connectivity index is 1.67. The van der Waals surface area contributed by atoms with E-state index in [1.165, 1.54) is 0 Å². The van der Waals surface area contributed by atoms with Crippen LogP contribution in [0.4, 0.5) is 10.5 Å². The van der Waals surface area contributed by atoms with Gasteiger partial charge in [-0.3, -0.25) is 4.79 Å². The molecule has 1 aromatic rings. The van der Waals surface area contributed by atoms with Gasteiger partial charge in [0.05, 0.1) is 6.04 Å². The number of carbonyl (C=O) groups is 2. The van der Waals surface area contributed by atoms with Crippen LogP contribution in [0.15, 0.2) is 18.2 Å². The van der Waals surface area contributed by atoms with Crippen LogP contribution in [-0.4, -0.2) is 47.4 Å². The van der Waals surface area contributed by atoms with Gasteiger partial charge in [0, 0.05) is 36.8 Å². The fraction of sp³-hybridized carbons (Fsp3) is 0.556. The number of amides is 3. The van der Waals surface area contributed by atoms with Gasteiger partial charge < -0.3 is 15.1 Å². The van der Waals surface area contributed by atoms with Crippen LogP contribution in [0, 0.1) is 6.92 Å². The average molecular weight is 350 g/mol. The molecule has 1 aromatic carbocycles. The third-order valence-corrected chi connectivity index (χ3v) is 5.16. The molecule has 0 saturated carbocycles. The summed E-state index contributed by atoms with van der Waals surface area (Å²) in [5, 5.41) is 3.66. The van der Waals surface area contributed by atoms with Crippen molar-refractivity contribution < 1.29 is 9.59 Å². The van der Waals surface area contributed by atoms with Gasteiger partial charge in [-0.05, 0) is 56.4 Å². The predicted octanol–water partition coefficient (Wildman–Crippen LogP) is 3.66. The van der Waals surface area contributed by atoms with Crippen LogP contribution in [0.1, 0.15) is 37.7 Å². The van der Waals surface area contributed by atoms with Crippen molar-refractivity contribution in [3.63, 3.8) is 0 Å². The van der Waals surface area contributed by atoms with E-state index in [2.05, 4.69) is 5.32 Å². The Labute approximate surface area is 147 Å². The van der Waals surface area contributed by atoms with Gasteiger partial charge in [-0.25, -0.2) is 4.79 Å². The zero-order valence-electron chi connectivity index (χ0n) is 14.1. The van der Waals surface area contributed by atoms with Crippen molar-refractivity contribution in [2.75, 3.05) is 25.0 Å². The number of anilines is 1. The highest BCUT2D eigenvalue weighted by atomic mass is 35.5. The van der Waals surface area contributed by atoms with E-state index in [1.54, 1.807) is 6.07 Å². The molecule has 2 aliphatic heterocycles. The van der Waals surface area contributed by atoms with Crippen molar-refractivity contribution in [1.82, 2.24) is 9.80 Å². The highest BCUT2D eigenvalue weighted by Crippen LogP contribution is 2.24. The third kappa shape index (κ3) is 3.83. The minimum Gasteiger partial charge on any atom is -0.341 e. The summed E-state index contributed by atoms with van der Waals surface area (Å²) in [6, 6.07) is 5.47. The molecule has 2 saturated heterocycles. The summed E-state index contributed by atoms with van der Waals surface area (Å²) in [7, 11) is 0. The zero-order chi connectivity index (χ0) is 17.1. The summed E-state index contributed by atoms with van der Waals surface area (Å²) < 4.78 is 0. The van der Waals surface area contributed by atoms with E-state index >= 15 is 0 Å². The minimum atomic E-state index is -0.0863. The fourth-order valence-electron chi connectivity index (χ4n) is 3.56. The first kappa shape index (κ1) is 17.1. The van der Waals surface area contributed by atoms with Gasteiger partial charge in [0.15, 0.2) is 0 Å². The second-order valence-electron chi connectivity index (χ2n) is 6.68. The monoisotopic (exact) mass is 349 g/mol. The lowest BCUT2D eigenvalue weighted by Gasteiger charge is -2.37. The quantitative estimate of drug-likeness (QED) is 0.905. The van der Waals surface area contributed by atoms with Gasteiger partial charge in [0.1, 0.15) is 0 Å². The third-order valence-electron chi connectivity index (χ3n) is 4.92. The maximum atomic E-state index is 12.7. The second kappa shape index (κ2) is 7.43. The minimum absolute atomic E-state index is 0.0863. The molecule has 0 spiro atoms. The molecule has 0 aromatic heterocycles. The van der Waals surface area contributed by atoms with Crippen LogP contribution < -0.4 is 5.32 Å². The van der Waals surface area contributed by atoms with Crippen molar-refractivity contribution in [2.45, 2.75) is 45.1 Å². The highest BCUT2D eigenvalue weighted by Gasteiger charge is 2.31. The number of hydrogen-bond donors (Lipinski definition) is 1. The molecular weight excluding hydrogens is 326 g/mol. The fourth-order valence-corrected chi connectivity index (χ4v) is 3.79. The first-order valence-corrected chi connectivity index (χ1v) is 9.04. The van der Waals surface area contributed by atoms with Crippen LogP contribution >= 0.6 is 11.6 Å². The van der Waals surface area contributed by atoms with Crippen molar-refractivity contribution >= 4 is 29.2 Å². The first-order valence-electron chi connectivity index (χ1n) is 8.66. The molecule has 0 radical (unpaired) electrons. The molecule has 2 aliphatic rings. The molecule has 0 aliphatic carbocycles. The van der Waals surface area contributed by atoms with Gasteiger partial charge in [0.2, 0.25) is 5.91 Å². The number of urea groups is 1. The summed E-state index contributed by atoms with van der Waals surface area (Å²) in [4.78, 5) is 28.4. The Morgan fingerprint density at radius 3 is 2.83 bits per heavy atom. The second-order valence-corrected chi connectivity index (χ2v) is 7.11. The lowest BCUT2D eigenvalue weighted by molar-refractivity contribution is -0.128. The molecule has 3 amide bonds. The van der Waals surface area contributed by atoms with E-state index in [4.69, 9.17) is 11.6 Å². The normalized spacial score (nSPS) is 21.2. The van der Waals surface area contributed by atoms with Crippen LogP contribution in [0.2, 0.25) is 5.02 Å². The number of benzene rings is 1. The number of nitrogens with one attached hydrogen (secondary N) is 1. The topological polar surface area (TPSA) is 52.7 Å². The van der Waals surface area contributed by atoms with Crippen molar-refractivity contribution in [3.05, 3.63) is 28.8 Å². The predicted molar refractivity (Wildman–Crippen MR) is 95.4 cm³/mol. The van der Waals surface area contributed by atoms with E-state index in [1.807, 2.05) is 28.9 Å². The van der Waals surface area contributed by atoms with E-state index in [-0.39, 0.29) is 18.0 Å². The standard InChI is InChI=1S/C18H24ClN3O2/c1-13-11-14(19)7-8-16(13)20-18(24)22-10-3-2-5-15(22)12-21-9-4-6-17(21)23/h7-8,11,15H,2-6,9-10,12H2,1H3,(H,20,24). The van der Waals surface area contributed by atoms with Gasteiger partial charge in [-0.1, -0.05) is 11.6 Å². The van der Waals surface area contributed by atoms with Gasteiger partial charge >= 0.3 is 6.03 Å². The molecule has 6 heteroatoms. The average Bonchev–Trinajstić information content (AvgIpc) is 2.95. The molecule has 2 heterocycles. The number of hydrogen-bond acceptors (Lipinski definition) is 2. The largest absolute Gasteiger partial charge is 0.341 e. The smallest absolute Gasteiger partial charge is 0.322 e. The van der Waals surface area contributed by atoms with Crippen LogP contribution in [0.5, 0.6) is 0 Å². The zero-order valence-corrected chi connectivity index (χ0v) is 14.8. The molecule has 1 atom stereocenters. The molecular formula is C18H24ClN3O2. The van der Waals surface area contributed by atoms with Crippen molar-refractivity contribution in [3.8, 4) is 0 Å². The molecule has 1 N–H and O–H groups in total. The Morgan fingerprint density at radius 2 is 2.12 bits per heavy atom. The molecule has 130 valence electrons. The summed E-state index contributed by atoms with van der Waals surface area (Å²) in [6.07, 6.45) is 4.65. The Hall–Kier alpha value is -1.75. The Bertz CT molecular complexity index is 635. The molecule has 24 heavy (non-hydrogen) atoms. The molecule has 3 rings (SSSR count). The van der Waals surface area contributed by atoms with Crippen molar-refractivity contribution in [2.24, 2.45) is 0 Å². The highest BCUT2D eigenvalue weighted by molar-refractivity contribution is 6.30. The maximum Gasteiger partial charge on any atom is 0.322 e. The number of rotatable bonds is 3. The molecule has 1 unspecified atom stereocenters. The first-order chi connectivity index (χ1) is 11.5. The van der Waals surface area contributed by atoms with E-state index in [9.17, 15) is 9.59 Å². The van der Waals surface area contributed by atoms with Crippen LogP contribution in [0.25, 0.3) is 0 Å². The van der Waals surface area contributed by atoms with Gasteiger partial charge in [-0.15, -0.1) is 0 Å². The lowest BCUT2D eigenvalue weighted by atomic mass is 10.0. The van der Waals surface area contributed by atoms with Gasteiger partial charge in [0.25, 0.3) is 0 Å². The number of piperidine rings is 1. The number of carbonyl (C=O) groups excluding carboxylic acids is 2. The molecule has 5 nitrogen and oxygen atoms in total. The van der Waals surface area contributed by atoms with Crippen LogP contribution in [-0.2, 0) is 4.79 Å². The lowest BCUT2D eigenvalue weighted by Crippen LogP contribution is -2.51. The SMILES string of the molecule is Cc1cc(Cl)ccc1NC(=O)N1CCCCC1CN1CCCC1=O. The summed E-state index contributed by atoms with van der Waals surface area (Å²) in [5.41, 5.74) is 1.73. The summed E-state index contributed by atoms with van der Waals surface area (Å²) >= 11 is 5.97. The molecule has 0 bridgehead atoms. The van der Waals surface area contributed by atoms with Crippen LogP contribution in [0.3, 0.4) is 0 Å². The summed E-state index contributed by atoms with van der Waals surface area (Å²) in [6.45, 7) is 4.15. The van der Waals surface area contributed by atoms with E-state index < -0.39 is 0 Å². The number of likely N-dealkylation sites (tertiary alicyclic amines) is 2. The van der Waals surface area contributed by atoms with E-state index in [0.717, 1.165) is 50.0 Å². The Morgan fingerprint density at radius 1 is 1.29 bits per heavy atom. The maximum absolute atomic E-state index is 12.7. The van der Waals surface area contributed by atoms with Crippen molar-refractivity contribution in [1.29, 1.82) is 0 Å². The Kier molecular flexibility index (Phi) is 5.29. The number of halogens is 1. The molecule has 2 fully saturated rings. The van der Waals surface area contributed by atoms with E-state index in [0.29, 0.717) is 18.0 Å².